The lowest BCUT2D eigenvalue weighted by Crippen LogP contribution is -2.30. The highest BCUT2D eigenvalue weighted by Crippen LogP contribution is 2.34. The summed E-state index contributed by atoms with van der Waals surface area (Å²) in [6.07, 6.45) is 6.78. The Kier molecular flexibility index (Phi) is 5.15. The van der Waals surface area contributed by atoms with E-state index >= 15 is 0 Å². The fraction of sp³-hybridized carbons (Fsp3) is 0.786. The van der Waals surface area contributed by atoms with Gasteiger partial charge < -0.3 is 0 Å². The maximum Gasteiger partial charge on any atom is 0.150 e. The normalized spacial score (nSPS) is 24.0. The summed E-state index contributed by atoms with van der Waals surface area (Å²) in [6, 6.07) is 0.243. The molecule has 4 nitrogen and oxygen atoms in total. The van der Waals surface area contributed by atoms with Crippen molar-refractivity contribution >= 4 is 32.4 Å². The molecule has 0 spiro atoms. The van der Waals surface area contributed by atoms with Gasteiger partial charge in [-0.3, -0.25) is 4.68 Å². The summed E-state index contributed by atoms with van der Waals surface area (Å²) in [5, 5.41) is 4.56. The van der Waals surface area contributed by atoms with Gasteiger partial charge in [0, 0.05) is 6.26 Å². The lowest BCUT2D eigenvalue weighted by molar-refractivity contribution is 0.321. The highest BCUT2D eigenvalue weighted by atomic mass is 127. The average Bonchev–Trinajstić information content (AvgIpc) is 2.74. The maximum atomic E-state index is 11.8. The number of aromatic nitrogens is 2. The van der Waals surface area contributed by atoms with Crippen molar-refractivity contribution in [1.29, 1.82) is 0 Å². The van der Waals surface area contributed by atoms with E-state index in [0.717, 1.165) is 37.8 Å². The standard InChI is InChI=1S/C14H23IN2O2S/c1-4-12-14(15)13(5-2)17(16-12)10-7-6-8-11(9-10)20(3,18)19/h10-11H,4-9H2,1-3H3. The van der Waals surface area contributed by atoms with Crippen LogP contribution in [0.1, 0.15) is 57.0 Å². The molecule has 1 saturated carbocycles. The summed E-state index contributed by atoms with van der Waals surface area (Å²) >= 11 is 2.38. The van der Waals surface area contributed by atoms with E-state index in [2.05, 4.69) is 41.1 Å². The molecule has 1 fully saturated rings. The van der Waals surface area contributed by atoms with Crippen LogP contribution in [0.4, 0.5) is 0 Å². The first-order chi connectivity index (χ1) is 9.38. The van der Waals surface area contributed by atoms with Crippen LogP contribution in [-0.2, 0) is 22.7 Å². The SMILES string of the molecule is CCc1nn(C2CCCC(S(C)(=O)=O)C2)c(CC)c1I. The Morgan fingerprint density at radius 2 is 2.00 bits per heavy atom. The summed E-state index contributed by atoms with van der Waals surface area (Å²) in [5.74, 6) is 0. The van der Waals surface area contributed by atoms with Crippen LogP contribution in [0.25, 0.3) is 0 Å². The van der Waals surface area contributed by atoms with E-state index in [-0.39, 0.29) is 11.3 Å². The molecule has 0 aliphatic heterocycles. The fourth-order valence-electron chi connectivity index (χ4n) is 3.08. The van der Waals surface area contributed by atoms with Crippen molar-refractivity contribution in [3.63, 3.8) is 0 Å². The lowest BCUT2D eigenvalue weighted by Gasteiger charge is -2.29. The van der Waals surface area contributed by atoms with Gasteiger partial charge in [-0.25, -0.2) is 8.42 Å². The molecule has 2 rings (SSSR count). The van der Waals surface area contributed by atoms with Gasteiger partial charge in [-0.05, 0) is 54.7 Å². The van der Waals surface area contributed by atoms with E-state index in [9.17, 15) is 8.42 Å². The Labute approximate surface area is 135 Å². The second-order valence-electron chi connectivity index (χ2n) is 5.63. The first-order valence-electron chi connectivity index (χ1n) is 7.33. The maximum absolute atomic E-state index is 11.8. The van der Waals surface area contributed by atoms with Crippen molar-refractivity contribution in [2.75, 3.05) is 6.26 Å². The van der Waals surface area contributed by atoms with Gasteiger partial charge in [0.2, 0.25) is 0 Å². The molecule has 0 amide bonds. The molecule has 1 aromatic heterocycles. The number of halogens is 1. The minimum Gasteiger partial charge on any atom is -0.265 e. The zero-order valence-electron chi connectivity index (χ0n) is 12.4. The molecule has 1 aliphatic rings. The number of nitrogens with zero attached hydrogens (tertiary/aromatic N) is 2. The van der Waals surface area contributed by atoms with Crippen molar-refractivity contribution in [1.82, 2.24) is 9.78 Å². The van der Waals surface area contributed by atoms with Crippen molar-refractivity contribution in [3.8, 4) is 0 Å². The quantitative estimate of drug-likeness (QED) is 0.717. The average molecular weight is 410 g/mol. The number of sulfone groups is 1. The number of rotatable bonds is 4. The van der Waals surface area contributed by atoms with Gasteiger partial charge in [-0.1, -0.05) is 20.3 Å². The van der Waals surface area contributed by atoms with Crippen LogP contribution < -0.4 is 0 Å². The van der Waals surface area contributed by atoms with E-state index in [1.807, 2.05) is 0 Å². The zero-order valence-corrected chi connectivity index (χ0v) is 15.4. The third kappa shape index (κ3) is 3.21. The summed E-state index contributed by atoms with van der Waals surface area (Å²) in [7, 11) is -2.94. The van der Waals surface area contributed by atoms with Crippen molar-refractivity contribution in [2.24, 2.45) is 0 Å². The first kappa shape index (κ1) is 16.3. The Bertz CT molecular complexity index is 580. The first-order valence-corrected chi connectivity index (χ1v) is 10.4. The third-order valence-corrected chi connectivity index (χ3v) is 7.12. The van der Waals surface area contributed by atoms with Gasteiger partial charge in [0.1, 0.15) is 9.84 Å². The predicted octanol–water partition coefficient (Wildman–Crippen LogP) is 3.14. The molecular formula is C14H23IN2O2S. The monoisotopic (exact) mass is 410 g/mol. The Morgan fingerprint density at radius 1 is 1.30 bits per heavy atom. The zero-order chi connectivity index (χ0) is 14.9. The van der Waals surface area contributed by atoms with Crippen molar-refractivity contribution < 1.29 is 8.42 Å². The molecule has 114 valence electrons. The topological polar surface area (TPSA) is 52.0 Å². The van der Waals surface area contributed by atoms with Gasteiger partial charge in [-0.15, -0.1) is 0 Å². The van der Waals surface area contributed by atoms with Gasteiger partial charge in [0.25, 0.3) is 0 Å². The molecule has 1 aliphatic carbocycles. The highest BCUT2D eigenvalue weighted by Gasteiger charge is 2.31. The summed E-state index contributed by atoms with van der Waals surface area (Å²) in [6.45, 7) is 4.26. The molecule has 0 N–H and O–H groups in total. The van der Waals surface area contributed by atoms with Crippen LogP contribution in [0.5, 0.6) is 0 Å². The third-order valence-electron chi connectivity index (χ3n) is 4.23. The predicted molar refractivity (Wildman–Crippen MR) is 89.8 cm³/mol. The molecule has 0 bridgehead atoms. The van der Waals surface area contributed by atoms with E-state index in [1.165, 1.54) is 15.5 Å². The van der Waals surface area contributed by atoms with Crippen LogP contribution in [0.15, 0.2) is 0 Å². The van der Waals surface area contributed by atoms with E-state index < -0.39 is 9.84 Å². The largest absolute Gasteiger partial charge is 0.265 e. The Morgan fingerprint density at radius 3 is 2.55 bits per heavy atom. The van der Waals surface area contributed by atoms with Gasteiger partial charge in [-0.2, -0.15) is 5.10 Å². The highest BCUT2D eigenvalue weighted by molar-refractivity contribution is 14.1. The van der Waals surface area contributed by atoms with Crippen LogP contribution in [0.3, 0.4) is 0 Å². The minimum atomic E-state index is -2.94. The van der Waals surface area contributed by atoms with Crippen LogP contribution in [-0.4, -0.2) is 29.7 Å². The van der Waals surface area contributed by atoms with Crippen LogP contribution >= 0.6 is 22.6 Å². The molecular weight excluding hydrogens is 387 g/mol. The van der Waals surface area contributed by atoms with Gasteiger partial charge >= 0.3 is 0 Å². The molecule has 0 radical (unpaired) electrons. The molecule has 6 heteroatoms. The summed E-state index contributed by atoms with van der Waals surface area (Å²) in [4.78, 5) is 0. The molecule has 1 aromatic rings. The van der Waals surface area contributed by atoms with Gasteiger partial charge in [0.05, 0.1) is 26.2 Å². The number of hydrogen-bond donors (Lipinski definition) is 0. The Hall–Kier alpha value is -0.110. The summed E-state index contributed by atoms with van der Waals surface area (Å²) in [5.41, 5.74) is 2.41. The molecule has 0 saturated heterocycles. The second-order valence-corrected chi connectivity index (χ2v) is 9.04. The van der Waals surface area contributed by atoms with Crippen molar-refractivity contribution in [3.05, 3.63) is 15.0 Å². The van der Waals surface area contributed by atoms with E-state index in [4.69, 9.17) is 5.10 Å². The molecule has 1 heterocycles. The lowest BCUT2D eigenvalue weighted by atomic mass is 9.95. The molecule has 0 aromatic carbocycles. The van der Waals surface area contributed by atoms with Crippen LogP contribution in [0.2, 0.25) is 0 Å². The van der Waals surface area contributed by atoms with E-state index in [0.29, 0.717) is 6.42 Å². The molecule has 20 heavy (non-hydrogen) atoms. The van der Waals surface area contributed by atoms with Crippen molar-refractivity contribution in [2.45, 2.75) is 63.7 Å². The molecule has 2 atom stereocenters. The van der Waals surface area contributed by atoms with E-state index in [1.54, 1.807) is 0 Å². The van der Waals surface area contributed by atoms with Gasteiger partial charge in [0.15, 0.2) is 0 Å². The van der Waals surface area contributed by atoms with Crippen LogP contribution in [0, 0.1) is 3.57 Å². The Balaban J connectivity index is 2.31. The number of aryl methyl sites for hydroxylation is 1. The smallest absolute Gasteiger partial charge is 0.150 e. The summed E-state index contributed by atoms with van der Waals surface area (Å²) < 4.78 is 27.0. The molecule has 2 unspecified atom stereocenters. The second kappa shape index (κ2) is 6.34. The minimum absolute atomic E-state index is 0.196. The number of hydrogen-bond acceptors (Lipinski definition) is 3. The fourth-order valence-corrected chi connectivity index (χ4v) is 5.36.